The molecule has 0 saturated heterocycles. The monoisotopic (exact) mass is 568 g/mol. The van der Waals surface area contributed by atoms with E-state index in [1.54, 1.807) is 48.9 Å². The molecule has 42 heavy (non-hydrogen) atoms. The first kappa shape index (κ1) is 27.1. The van der Waals surface area contributed by atoms with Gasteiger partial charge in [-0.15, -0.1) is 0 Å². The standard InChI is InChI=1S/C31H28N4O7/c36-26-25(27(37)28(26)38)32-20-9-6-17(7-10-20)14-23(31(40)41)34-30(39)18-8-11-24-22(15-18)33-29(19-12-13-42-16-19)35(24)21-4-2-1-3-5-21/h6-13,15-16,21,23,25,32H,1-5,14H2,(H,34,39)(H,40,41)/t23-/m0/s1. The van der Waals surface area contributed by atoms with Gasteiger partial charge in [-0.3, -0.25) is 19.2 Å². The van der Waals surface area contributed by atoms with Gasteiger partial charge < -0.3 is 24.7 Å². The molecule has 2 saturated carbocycles. The number of ketones is 3. The first-order valence-corrected chi connectivity index (χ1v) is 13.9. The summed E-state index contributed by atoms with van der Waals surface area (Å²) in [5, 5.41) is 15.1. The number of amides is 1. The molecule has 2 aliphatic carbocycles. The van der Waals surface area contributed by atoms with Crippen molar-refractivity contribution in [1.29, 1.82) is 0 Å². The third kappa shape index (κ3) is 5.09. The maximum Gasteiger partial charge on any atom is 0.326 e. The van der Waals surface area contributed by atoms with Crippen molar-refractivity contribution in [2.24, 2.45) is 0 Å². The summed E-state index contributed by atoms with van der Waals surface area (Å²) in [7, 11) is 0. The van der Waals surface area contributed by atoms with Gasteiger partial charge >= 0.3 is 5.97 Å². The average molecular weight is 569 g/mol. The molecule has 1 amide bonds. The number of aromatic nitrogens is 2. The Kier molecular flexibility index (Phi) is 7.15. The minimum atomic E-state index is -1.21. The van der Waals surface area contributed by atoms with E-state index < -0.39 is 41.3 Å². The van der Waals surface area contributed by atoms with Gasteiger partial charge in [0.15, 0.2) is 6.04 Å². The third-order valence-electron chi connectivity index (χ3n) is 7.95. The van der Waals surface area contributed by atoms with Crippen molar-refractivity contribution in [3.05, 3.63) is 72.2 Å². The van der Waals surface area contributed by atoms with Crippen molar-refractivity contribution >= 4 is 45.9 Å². The van der Waals surface area contributed by atoms with Crippen molar-refractivity contribution in [3.63, 3.8) is 0 Å². The number of anilines is 1. The molecule has 11 nitrogen and oxygen atoms in total. The number of hydrogen-bond acceptors (Lipinski definition) is 8. The number of aliphatic carboxylic acids is 1. The van der Waals surface area contributed by atoms with Crippen LogP contribution in [0.15, 0.2) is 65.5 Å². The lowest BCUT2D eigenvalue weighted by molar-refractivity contribution is -0.152. The molecule has 4 aromatic rings. The lowest BCUT2D eigenvalue weighted by Crippen LogP contribution is -2.57. The Balaban J connectivity index is 1.18. The van der Waals surface area contributed by atoms with Crippen LogP contribution in [0.3, 0.4) is 0 Å². The molecule has 11 heteroatoms. The molecule has 0 spiro atoms. The molecule has 2 aromatic heterocycles. The number of benzene rings is 2. The lowest BCUT2D eigenvalue weighted by atomic mass is 9.87. The largest absolute Gasteiger partial charge is 0.480 e. The Hall–Kier alpha value is -5.06. The second-order valence-electron chi connectivity index (χ2n) is 10.7. The number of carboxylic acid groups (broad SMARTS) is 1. The van der Waals surface area contributed by atoms with E-state index in [1.165, 1.54) is 6.42 Å². The van der Waals surface area contributed by atoms with Gasteiger partial charge in [0.25, 0.3) is 11.7 Å². The topological polar surface area (TPSA) is 161 Å². The van der Waals surface area contributed by atoms with Gasteiger partial charge in [-0.25, -0.2) is 9.78 Å². The molecule has 2 heterocycles. The van der Waals surface area contributed by atoms with Gasteiger partial charge in [0.1, 0.15) is 18.1 Å². The molecule has 1 atom stereocenters. The number of fused-ring (bicyclic) bond motifs is 1. The Morgan fingerprint density at radius 2 is 1.74 bits per heavy atom. The molecule has 0 unspecified atom stereocenters. The SMILES string of the molecule is O=C1C(=O)C(Nc2ccc(C[C@H](NC(=O)c3ccc4c(c3)nc(-c3ccoc3)n4C3CCCCC3)C(=O)O)cc2)C1=O. The highest BCUT2D eigenvalue weighted by molar-refractivity contribution is 6.79. The molecule has 0 aliphatic heterocycles. The first-order valence-electron chi connectivity index (χ1n) is 13.9. The third-order valence-corrected chi connectivity index (χ3v) is 7.95. The van der Waals surface area contributed by atoms with Crippen LogP contribution in [0.5, 0.6) is 0 Å². The van der Waals surface area contributed by atoms with Gasteiger partial charge in [0, 0.05) is 23.7 Å². The molecule has 2 fully saturated rings. The van der Waals surface area contributed by atoms with Gasteiger partial charge in [0.05, 0.1) is 22.9 Å². The maximum absolute atomic E-state index is 13.2. The van der Waals surface area contributed by atoms with E-state index in [0.717, 1.165) is 42.6 Å². The van der Waals surface area contributed by atoms with Crippen LogP contribution in [0.2, 0.25) is 0 Å². The number of carbonyl (C=O) groups is 5. The zero-order chi connectivity index (χ0) is 29.4. The highest BCUT2D eigenvalue weighted by atomic mass is 16.4. The number of Topliss-reactive ketones (excluding diaryl/α,β-unsaturated/α-hetero) is 3. The van der Waals surface area contributed by atoms with Crippen molar-refractivity contribution in [2.75, 3.05) is 5.32 Å². The molecule has 6 rings (SSSR count). The van der Waals surface area contributed by atoms with E-state index in [2.05, 4.69) is 15.2 Å². The zero-order valence-corrected chi connectivity index (χ0v) is 22.5. The number of imidazole rings is 1. The summed E-state index contributed by atoms with van der Waals surface area (Å²) < 4.78 is 7.54. The predicted molar refractivity (Wildman–Crippen MR) is 151 cm³/mol. The van der Waals surface area contributed by atoms with Gasteiger partial charge in [-0.1, -0.05) is 31.4 Å². The number of carbonyl (C=O) groups excluding carboxylic acids is 4. The van der Waals surface area contributed by atoms with Gasteiger partial charge in [0.2, 0.25) is 11.6 Å². The summed E-state index contributed by atoms with van der Waals surface area (Å²) >= 11 is 0. The molecule has 3 N–H and O–H groups in total. The van der Waals surface area contributed by atoms with E-state index in [1.807, 2.05) is 12.1 Å². The molecule has 214 valence electrons. The Bertz CT molecular complexity index is 1680. The lowest BCUT2D eigenvalue weighted by Gasteiger charge is -2.25. The highest BCUT2D eigenvalue weighted by Crippen LogP contribution is 2.36. The Morgan fingerprint density at radius 3 is 2.40 bits per heavy atom. The summed E-state index contributed by atoms with van der Waals surface area (Å²) in [4.78, 5) is 64.3. The highest BCUT2D eigenvalue weighted by Gasteiger charge is 2.48. The van der Waals surface area contributed by atoms with E-state index >= 15 is 0 Å². The van der Waals surface area contributed by atoms with Crippen LogP contribution in [0.25, 0.3) is 22.4 Å². The number of furan rings is 1. The molecular formula is C31H28N4O7. The molecule has 2 aromatic carbocycles. The van der Waals surface area contributed by atoms with Gasteiger partial charge in [-0.05, 0) is 54.8 Å². The number of nitrogens with one attached hydrogen (secondary N) is 2. The second kappa shape index (κ2) is 11.1. The number of nitrogens with zero attached hydrogens (tertiary/aromatic N) is 2. The quantitative estimate of drug-likeness (QED) is 0.202. The van der Waals surface area contributed by atoms with E-state index in [9.17, 15) is 29.1 Å². The number of rotatable bonds is 9. The van der Waals surface area contributed by atoms with Crippen LogP contribution in [-0.2, 0) is 25.6 Å². The van der Waals surface area contributed by atoms with E-state index in [-0.39, 0.29) is 6.42 Å². The van der Waals surface area contributed by atoms with Crippen molar-refractivity contribution in [2.45, 2.75) is 56.7 Å². The second-order valence-corrected chi connectivity index (χ2v) is 10.7. The normalized spacial score (nSPS) is 16.8. The molecule has 2 aliphatic rings. The van der Waals surface area contributed by atoms with Crippen LogP contribution in [0.4, 0.5) is 5.69 Å². The molecule has 0 bridgehead atoms. The number of hydrogen-bond donors (Lipinski definition) is 3. The summed E-state index contributed by atoms with van der Waals surface area (Å²) in [6.45, 7) is 0. The fraction of sp³-hybridized carbons (Fsp3) is 0.290. The molecule has 0 radical (unpaired) electrons. The number of carboxylic acids is 1. The first-order chi connectivity index (χ1) is 20.3. The van der Waals surface area contributed by atoms with Gasteiger partial charge in [-0.2, -0.15) is 0 Å². The summed E-state index contributed by atoms with van der Waals surface area (Å²) in [6.07, 6.45) is 8.86. The van der Waals surface area contributed by atoms with Crippen LogP contribution >= 0.6 is 0 Å². The van der Waals surface area contributed by atoms with Crippen molar-refractivity contribution in [1.82, 2.24) is 14.9 Å². The minimum absolute atomic E-state index is 0.00428. The van der Waals surface area contributed by atoms with Crippen molar-refractivity contribution < 1.29 is 33.5 Å². The Morgan fingerprint density at radius 1 is 1.00 bits per heavy atom. The van der Waals surface area contributed by atoms with Crippen LogP contribution in [0, 0.1) is 0 Å². The van der Waals surface area contributed by atoms with Crippen LogP contribution < -0.4 is 10.6 Å². The molecular weight excluding hydrogens is 540 g/mol. The van der Waals surface area contributed by atoms with E-state index in [4.69, 9.17) is 9.40 Å². The van der Waals surface area contributed by atoms with Crippen LogP contribution in [0.1, 0.15) is 54.1 Å². The zero-order valence-electron chi connectivity index (χ0n) is 22.5. The fourth-order valence-corrected chi connectivity index (χ4v) is 5.68. The minimum Gasteiger partial charge on any atom is -0.480 e. The van der Waals surface area contributed by atoms with E-state index in [0.29, 0.717) is 28.4 Å². The summed E-state index contributed by atoms with van der Waals surface area (Å²) in [5.41, 5.74) is 3.75. The van der Waals surface area contributed by atoms with Crippen LogP contribution in [-0.4, -0.2) is 56.0 Å². The summed E-state index contributed by atoms with van der Waals surface area (Å²) in [6, 6.07) is 11.4. The van der Waals surface area contributed by atoms with Crippen molar-refractivity contribution in [3.8, 4) is 11.4 Å². The smallest absolute Gasteiger partial charge is 0.326 e. The average Bonchev–Trinajstić information content (AvgIpc) is 3.68. The Labute approximate surface area is 239 Å². The predicted octanol–water partition coefficient (Wildman–Crippen LogP) is 3.73. The fourth-order valence-electron chi connectivity index (χ4n) is 5.68. The summed E-state index contributed by atoms with van der Waals surface area (Å²) in [5.74, 6) is -3.53. The maximum atomic E-state index is 13.2.